The lowest BCUT2D eigenvalue weighted by Crippen LogP contribution is -2.32. The lowest BCUT2D eigenvalue weighted by atomic mass is 9.99. The molecule has 29 heavy (non-hydrogen) atoms. The van der Waals surface area contributed by atoms with Crippen LogP contribution in [0, 0.1) is 6.92 Å². The van der Waals surface area contributed by atoms with Crippen LogP contribution in [0.2, 0.25) is 0 Å². The van der Waals surface area contributed by atoms with E-state index in [0.717, 1.165) is 10.4 Å². The second-order valence-corrected chi connectivity index (χ2v) is 8.69. The van der Waals surface area contributed by atoms with Crippen LogP contribution in [0.1, 0.15) is 35.6 Å². The minimum atomic E-state index is -4.56. The van der Waals surface area contributed by atoms with E-state index in [1.54, 1.807) is 13.0 Å². The summed E-state index contributed by atoms with van der Waals surface area (Å²) in [6.45, 7) is 1.76. The lowest BCUT2D eigenvalue weighted by Gasteiger charge is -2.27. The summed E-state index contributed by atoms with van der Waals surface area (Å²) in [7, 11) is -1.22. The van der Waals surface area contributed by atoms with Crippen molar-refractivity contribution in [2.75, 3.05) is 20.8 Å². The molecule has 0 amide bonds. The van der Waals surface area contributed by atoms with Crippen LogP contribution < -0.4 is 9.47 Å². The van der Waals surface area contributed by atoms with Gasteiger partial charge in [0.25, 0.3) is 0 Å². The molecule has 1 atom stereocenters. The van der Waals surface area contributed by atoms with Gasteiger partial charge in [0, 0.05) is 12.6 Å². The summed E-state index contributed by atoms with van der Waals surface area (Å²) in [5, 5.41) is 0. The van der Waals surface area contributed by atoms with Crippen molar-refractivity contribution in [2.24, 2.45) is 0 Å². The fraction of sp³-hybridized carbons (Fsp3) is 0.400. The molecule has 0 aromatic heterocycles. The van der Waals surface area contributed by atoms with Crippen LogP contribution in [0.25, 0.3) is 0 Å². The van der Waals surface area contributed by atoms with E-state index in [1.807, 2.05) is 0 Å². The highest BCUT2D eigenvalue weighted by Crippen LogP contribution is 2.43. The van der Waals surface area contributed by atoms with Crippen molar-refractivity contribution in [1.29, 1.82) is 0 Å². The van der Waals surface area contributed by atoms with Crippen LogP contribution >= 0.6 is 0 Å². The average molecular weight is 429 g/mol. The number of nitrogens with zero attached hydrogens (tertiary/aromatic N) is 1. The zero-order valence-corrected chi connectivity index (χ0v) is 17.1. The molecule has 0 saturated carbocycles. The molecule has 1 unspecified atom stereocenters. The summed E-state index contributed by atoms with van der Waals surface area (Å²) in [5.74, 6) is 0.618. The fourth-order valence-corrected chi connectivity index (χ4v) is 5.65. The molecule has 1 fully saturated rings. The minimum Gasteiger partial charge on any atom is -0.493 e. The van der Waals surface area contributed by atoms with Gasteiger partial charge in [0.05, 0.1) is 30.7 Å². The van der Waals surface area contributed by atoms with E-state index in [9.17, 15) is 21.6 Å². The normalized spacial score (nSPS) is 18.1. The third kappa shape index (κ3) is 3.93. The highest BCUT2D eigenvalue weighted by Gasteiger charge is 2.42. The van der Waals surface area contributed by atoms with Crippen molar-refractivity contribution in [3.05, 3.63) is 53.1 Å². The fourth-order valence-electron chi connectivity index (χ4n) is 3.75. The first-order valence-electron chi connectivity index (χ1n) is 9.02. The Balaban J connectivity index is 2.09. The second kappa shape index (κ2) is 7.87. The minimum absolute atomic E-state index is 0.00783. The largest absolute Gasteiger partial charge is 0.493 e. The molecule has 0 bridgehead atoms. The smallest absolute Gasteiger partial charge is 0.416 e. The van der Waals surface area contributed by atoms with Crippen molar-refractivity contribution in [1.82, 2.24) is 4.31 Å². The van der Waals surface area contributed by atoms with Crippen molar-refractivity contribution in [2.45, 2.75) is 36.9 Å². The summed E-state index contributed by atoms with van der Waals surface area (Å²) in [6.07, 6.45) is -3.77. The van der Waals surface area contributed by atoms with E-state index in [1.165, 1.54) is 38.5 Å². The van der Waals surface area contributed by atoms with E-state index < -0.39 is 27.8 Å². The molecular weight excluding hydrogens is 407 g/mol. The molecule has 158 valence electrons. The maximum Gasteiger partial charge on any atom is 0.416 e. The lowest BCUT2D eigenvalue weighted by molar-refractivity contribution is -0.138. The number of ether oxygens (including phenoxy) is 2. The van der Waals surface area contributed by atoms with Gasteiger partial charge >= 0.3 is 6.18 Å². The predicted octanol–water partition coefficient (Wildman–Crippen LogP) is 4.56. The van der Waals surface area contributed by atoms with E-state index in [4.69, 9.17) is 9.47 Å². The van der Waals surface area contributed by atoms with Crippen molar-refractivity contribution < 1.29 is 31.1 Å². The summed E-state index contributed by atoms with van der Waals surface area (Å²) >= 11 is 0. The second-order valence-electron chi connectivity index (χ2n) is 6.83. The van der Waals surface area contributed by atoms with Gasteiger partial charge in [0.15, 0.2) is 11.5 Å². The number of aryl methyl sites for hydroxylation is 1. The Kier molecular flexibility index (Phi) is 5.82. The number of sulfonamides is 1. The van der Waals surface area contributed by atoms with E-state index >= 15 is 0 Å². The van der Waals surface area contributed by atoms with Crippen LogP contribution in [-0.4, -0.2) is 33.5 Å². The number of methoxy groups -OCH3 is 2. The third-order valence-corrected chi connectivity index (χ3v) is 7.15. The molecule has 1 aliphatic rings. The first kappa shape index (κ1) is 21.4. The number of hydrogen-bond donors (Lipinski definition) is 0. The van der Waals surface area contributed by atoms with Crippen LogP contribution in [0.4, 0.5) is 13.2 Å². The molecule has 0 N–H and O–H groups in total. The Hall–Kier alpha value is -2.26. The quantitative estimate of drug-likeness (QED) is 0.700. The zero-order valence-electron chi connectivity index (χ0n) is 16.3. The van der Waals surface area contributed by atoms with E-state index in [0.29, 0.717) is 24.2 Å². The number of benzene rings is 2. The summed E-state index contributed by atoms with van der Waals surface area (Å²) < 4.78 is 78.9. The van der Waals surface area contributed by atoms with Gasteiger partial charge in [-0.25, -0.2) is 8.42 Å². The first-order valence-corrected chi connectivity index (χ1v) is 10.5. The molecule has 5 nitrogen and oxygen atoms in total. The standard InChI is InChI=1S/C20H22F3NO4S/c1-13-11-17(27-2)18(28-3)12-19(13)29(25,26)24-10-6-9-16(24)14-7-4-5-8-15(14)20(21,22)23/h4-5,7-8,11-12,16H,6,9-10H2,1-3H3. The Bertz CT molecular complexity index is 1010. The highest BCUT2D eigenvalue weighted by molar-refractivity contribution is 7.89. The topological polar surface area (TPSA) is 55.8 Å². The molecular formula is C20H22F3NO4S. The molecule has 2 aromatic carbocycles. The molecule has 1 aliphatic heterocycles. The summed E-state index contributed by atoms with van der Waals surface area (Å²) in [6, 6.07) is 7.15. The van der Waals surface area contributed by atoms with Gasteiger partial charge in [-0.2, -0.15) is 17.5 Å². The number of hydrogen-bond acceptors (Lipinski definition) is 4. The van der Waals surface area contributed by atoms with Gasteiger partial charge in [0.1, 0.15) is 0 Å². The average Bonchev–Trinajstić information content (AvgIpc) is 3.17. The highest BCUT2D eigenvalue weighted by atomic mass is 32.2. The van der Waals surface area contributed by atoms with E-state index in [-0.39, 0.29) is 22.8 Å². The molecule has 3 rings (SSSR count). The Morgan fingerprint density at radius 3 is 2.31 bits per heavy atom. The van der Waals surface area contributed by atoms with Crippen LogP contribution in [0.5, 0.6) is 11.5 Å². The molecule has 9 heteroatoms. The Labute approximate surface area is 168 Å². The van der Waals surface area contributed by atoms with Gasteiger partial charge in [0.2, 0.25) is 10.0 Å². The molecule has 0 spiro atoms. The molecule has 0 radical (unpaired) electrons. The van der Waals surface area contributed by atoms with Gasteiger partial charge in [-0.05, 0) is 43.0 Å². The molecule has 1 saturated heterocycles. The Morgan fingerprint density at radius 2 is 1.69 bits per heavy atom. The molecule has 1 heterocycles. The summed E-state index contributed by atoms with van der Waals surface area (Å²) in [4.78, 5) is -0.00783. The third-order valence-electron chi connectivity index (χ3n) is 5.10. The van der Waals surface area contributed by atoms with E-state index in [2.05, 4.69) is 0 Å². The van der Waals surface area contributed by atoms with Crippen LogP contribution in [0.15, 0.2) is 41.3 Å². The van der Waals surface area contributed by atoms with Crippen molar-refractivity contribution >= 4 is 10.0 Å². The molecule has 2 aromatic rings. The van der Waals surface area contributed by atoms with Gasteiger partial charge in [-0.3, -0.25) is 0 Å². The maximum atomic E-state index is 13.5. The number of alkyl halides is 3. The van der Waals surface area contributed by atoms with Crippen molar-refractivity contribution in [3.8, 4) is 11.5 Å². The van der Waals surface area contributed by atoms with Gasteiger partial charge in [-0.15, -0.1) is 0 Å². The summed E-state index contributed by atoms with van der Waals surface area (Å²) in [5.41, 5.74) is -0.409. The number of halogens is 3. The van der Waals surface area contributed by atoms with Crippen LogP contribution in [-0.2, 0) is 16.2 Å². The Morgan fingerprint density at radius 1 is 1.07 bits per heavy atom. The zero-order chi connectivity index (χ0) is 21.4. The van der Waals surface area contributed by atoms with Gasteiger partial charge in [-0.1, -0.05) is 18.2 Å². The molecule has 0 aliphatic carbocycles. The van der Waals surface area contributed by atoms with Crippen molar-refractivity contribution in [3.63, 3.8) is 0 Å². The number of rotatable bonds is 5. The predicted molar refractivity (Wildman–Crippen MR) is 102 cm³/mol. The maximum absolute atomic E-state index is 13.5. The SMILES string of the molecule is COc1cc(C)c(S(=O)(=O)N2CCCC2c2ccccc2C(F)(F)F)cc1OC. The van der Waals surface area contributed by atoms with Crippen LogP contribution in [0.3, 0.4) is 0 Å². The monoisotopic (exact) mass is 429 g/mol. The first-order chi connectivity index (χ1) is 13.6. The van der Waals surface area contributed by atoms with Gasteiger partial charge < -0.3 is 9.47 Å².